The highest BCUT2D eigenvalue weighted by Gasteiger charge is 2.35. The van der Waals surface area contributed by atoms with Crippen molar-refractivity contribution in [3.05, 3.63) is 113 Å². The fraction of sp³-hybridized carbons (Fsp3) is 0.138. The van der Waals surface area contributed by atoms with Crippen LogP contribution in [0.3, 0.4) is 0 Å². The Hall–Kier alpha value is -4.19. The number of thiophene rings is 1. The topological polar surface area (TPSA) is 69.9 Å². The van der Waals surface area contributed by atoms with E-state index in [1.807, 2.05) is 66.0 Å². The van der Waals surface area contributed by atoms with Crippen molar-refractivity contribution in [2.45, 2.75) is 13.0 Å². The van der Waals surface area contributed by atoms with E-state index in [1.165, 1.54) is 22.7 Å². The zero-order valence-electron chi connectivity index (χ0n) is 19.9. The van der Waals surface area contributed by atoms with Crippen LogP contribution in [0.1, 0.15) is 29.0 Å². The highest BCUT2D eigenvalue weighted by Crippen LogP contribution is 2.36. The molecule has 0 spiro atoms. The van der Waals surface area contributed by atoms with Gasteiger partial charge in [-0.15, -0.1) is 17.8 Å². The van der Waals surface area contributed by atoms with Gasteiger partial charge in [0.15, 0.2) is 4.80 Å². The smallest absolute Gasteiger partial charge is 0.338 e. The number of carbonyl (C=O) groups excluding carboxylic acids is 1. The molecule has 0 bridgehead atoms. The van der Waals surface area contributed by atoms with Crippen molar-refractivity contribution < 1.29 is 14.3 Å². The summed E-state index contributed by atoms with van der Waals surface area (Å²) in [5.41, 5.74) is 2.10. The molecule has 2 aromatic carbocycles. The Morgan fingerprint density at radius 1 is 1.14 bits per heavy atom. The van der Waals surface area contributed by atoms with Gasteiger partial charge in [0.25, 0.3) is 5.56 Å². The molecule has 0 amide bonds. The van der Waals surface area contributed by atoms with E-state index in [-0.39, 0.29) is 18.8 Å². The van der Waals surface area contributed by atoms with E-state index in [1.54, 1.807) is 23.6 Å². The van der Waals surface area contributed by atoms with Crippen LogP contribution in [0.15, 0.2) is 87.5 Å². The quantitative estimate of drug-likeness (QED) is 0.270. The number of hydrogen-bond acceptors (Lipinski definition) is 7. The minimum absolute atomic E-state index is 0.119. The number of aromatic nitrogens is 1. The zero-order valence-corrected chi connectivity index (χ0v) is 21.6. The van der Waals surface area contributed by atoms with Crippen molar-refractivity contribution in [2.75, 3.05) is 13.2 Å². The zero-order chi connectivity index (χ0) is 25.8. The molecule has 6 nitrogen and oxygen atoms in total. The number of benzene rings is 2. The standard InChI is InChI=1S/C29H22N2O4S2/c1-3-16-35-21-14-9-8-13-20(21)18-23-27(32)31-26(22-15-10-17-36-22)24(28(33)34-4-2)25(30-29(31)37-23)19-11-6-5-7-12-19/h1,5-15,17-18,26H,4,16H2,2H3/b23-18-/t26-/m1/s1. The molecule has 184 valence electrons. The molecule has 2 aromatic heterocycles. The maximum Gasteiger partial charge on any atom is 0.338 e. The van der Waals surface area contributed by atoms with E-state index in [0.717, 1.165) is 16.0 Å². The van der Waals surface area contributed by atoms with Gasteiger partial charge < -0.3 is 9.47 Å². The average Bonchev–Trinajstić information content (AvgIpc) is 3.56. The van der Waals surface area contributed by atoms with Gasteiger partial charge in [0.2, 0.25) is 0 Å². The Kier molecular flexibility index (Phi) is 7.17. The van der Waals surface area contributed by atoms with E-state index in [9.17, 15) is 9.59 Å². The highest BCUT2D eigenvalue weighted by molar-refractivity contribution is 7.10. The first-order valence-electron chi connectivity index (χ1n) is 11.6. The first-order valence-corrected chi connectivity index (χ1v) is 13.3. The number of ether oxygens (including phenoxy) is 2. The van der Waals surface area contributed by atoms with E-state index in [4.69, 9.17) is 20.9 Å². The molecular formula is C29H22N2O4S2. The molecule has 0 saturated carbocycles. The van der Waals surface area contributed by atoms with Gasteiger partial charge in [0, 0.05) is 16.0 Å². The molecule has 0 aliphatic carbocycles. The van der Waals surface area contributed by atoms with Gasteiger partial charge in [-0.1, -0.05) is 71.9 Å². The van der Waals surface area contributed by atoms with E-state index < -0.39 is 12.0 Å². The molecule has 37 heavy (non-hydrogen) atoms. The lowest BCUT2D eigenvalue weighted by Crippen LogP contribution is -2.39. The van der Waals surface area contributed by atoms with Gasteiger partial charge in [-0.05, 0) is 30.5 Å². The van der Waals surface area contributed by atoms with Gasteiger partial charge in [0.1, 0.15) is 18.4 Å². The van der Waals surface area contributed by atoms with Crippen LogP contribution < -0.4 is 19.6 Å². The minimum atomic E-state index is -0.666. The van der Waals surface area contributed by atoms with Crippen LogP contribution in [0.5, 0.6) is 5.75 Å². The number of thiazole rings is 1. The summed E-state index contributed by atoms with van der Waals surface area (Å²) in [4.78, 5) is 33.4. The van der Waals surface area contributed by atoms with Crippen molar-refractivity contribution >= 4 is 40.4 Å². The number of carbonyl (C=O) groups is 1. The number of esters is 1. The van der Waals surface area contributed by atoms with Crippen LogP contribution in [0.4, 0.5) is 0 Å². The lowest BCUT2D eigenvalue weighted by molar-refractivity contribution is -0.138. The second kappa shape index (κ2) is 10.8. The molecule has 0 radical (unpaired) electrons. The summed E-state index contributed by atoms with van der Waals surface area (Å²) in [5.74, 6) is 2.55. The Morgan fingerprint density at radius 2 is 1.92 bits per heavy atom. The number of para-hydroxylation sites is 1. The molecule has 4 aromatic rings. The van der Waals surface area contributed by atoms with Crippen LogP contribution in [0.2, 0.25) is 0 Å². The summed E-state index contributed by atoms with van der Waals surface area (Å²) < 4.78 is 13.2. The highest BCUT2D eigenvalue weighted by atomic mass is 32.1. The fourth-order valence-corrected chi connectivity index (χ4v) is 5.96. The van der Waals surface area contributed by atoms with Crippen LogP contribution >= 0.6 is 22.7 Å². The number of nitrogens with zero attached hydrogens (tertiary/aromatic N) is 2. The van der Waals surface area contributed by atoms with Crippen molar-refractivity contribution in [3.8, 4) is 18.1 Å². The molecule has 3 heterocycles. The van der Waals surface area contributed by atoms with Gasteiger partial charge in [-0.3, -0.25) is 9.36 Å². The van der Waals surface area contributed by atoms with E-state index in [0.29, 0.717) is 26.4 Å². The Balaban J connectivity index is 1.78. The summed E-state index contributed by atoms with van der Waals surface area (Å²) in [5, 5.41) is 1.93. The Morgan fingerprint density at radius 3 is 2.65 bits per heavy atom. The van der Waals surface area contributed by atoms with Crippen molar-refractivity contribution in [1.82, 2.24) is 4.57 Å². The molecule has 0 fully saturated rings. The number of fused-ring (bicyclic) bond motifs is 1. The normalized spacial score (nSPS) is 15.0. The number of terminal acetylenes is 1. The van der Waals surface area contributed by atoms with Gasteiger partial charge in [-0.2, -0.15) is 0 Å². The molecule has 8 heteroatoms. The van der Waals surface area contributed by atoms with E-state index >= 15 is 0 Å². The van der Waals surface area contributed by atoms with Crippen LogP contribution in [-0.4, -0.2) is 23.8 Å². The fourth-order valence-electron chi connectivity index (χ4n) is 4.15. The maximum absolute atomic E-state index is 13.9. The molecule has 1 atom stereocenters. The third-order valence-electron chi connectivity index (χ3n) is 5.70. The van der Waals surface area contributed by atoms with Crippen molar-refractivity contribution in [2.24, 2.45) is 4.99 Å². The minimum Gasteiger partial charge on any atom is -0.480 e. The summed E-state index contributed by atoms with van der Waals surface area (Å²) in [7, 11) is 0. The Labute approximate surface area is 221 Å². The molecule has 0 unspecified atom stereocenters. The van der Waals surface area contributed by atoms with Gasteiger partial charge in [-0.25, -0.2) is 9.79 Å². The van der Waals surface area contributed by atoms with Crippen LogP contribution in [0, 0.1) is 12.3 Å². The summed E-state index contributed by atoms with van der Waals surface area (Å²) in [6, 6.07) is 20.0. The second-order valence-electron chi connectivity index (χ2n) is 7.98. The lowest BCUT2D eigenvalue weighted by atomic mass is 9.97. The van der Waals surface area contributed by atoms with E-state index in [2.05, 4.69) is 5.92 Å². The lowest BCUT2D eigenvalue weighted by Gasteiger charge is -2.24. The second-order valence-corrected chi connectivity index (χ2v) is 9.97. The first kappa shape index (κ1) is 24.5. The maximum atomic E-state index is 13.9. The SMILES string of the molecule is C#CCOc1ccccc1/C=c1\sc2n(c1=O)[C@H](c1cccs1)C(C(=O)OCC)=C(c1ccccc1)N=2. The van der Waals surface area contributed by atoms with Crippen LogP contribution in [0.25, 0.3) is 11.8 Å². The summed E-state index contributed by atoms with van der Waals surface area (Å²) in [6.45, 7) is 2.09. The monoisotopic (exact) mass is 526 g/mol. The molecule has 1 aliphatic heterocycles. The van der Waals surface area contributed by atoms with Gasteiger partial charge in [0.05, 0.1) is 22.4 Å². The number of hydrogen-bond donors (Lipinski definition) is 0. The third kappa shape index (κ3) is 4.79. The molecular weight excluding hydrogens is 504 g/mol. The average molecular weight is 527 g/mol. The molecule has 0 saturated heterocycles. The van der Waals surface area contributed by atoms with Crippen LogP contribution in [-0.2, 0) is 9.53 Å². The Bertz CT molecular complexity index is 1690. The molecule has 0 N–H and O–H groups in total. The first-order chi connectivity index (χ1) is 18.1. The largest absolute Gasteiger partial charge is 0.480 e. The van der Waals surface area contributed by atoms with Crippen molar-refractivity contribution in [1.29, 1.82) is 0 Å². The van der Waals surface area contributed by atoms with Gasteiger partial charge >= 0.3 is 5.97 Å². The molecule has 1 aliphatic rings. The molecule has 5 rings (SSSR count). The summed E-state index contributed by atoms with van der Waals surface area (Å²) >= 11 is 2.74. The third-order valence-corrected chi connectivity index (χ3v) is 7.61. The predicted octanol–water partition coefficient (Wildman–Crippen LogP) is 4.01. The summed E-state index contributed by atoms with van der Waals surface area (Å²) in [6.07, 6.45) is 7.14. The van der Waals surface area contributed by atoms with Crippen molar-refractivity contribution in [3.63, 3.8) is 0 Å². The predicted molar refractivity (Wildman–Crippen MR) is 146 cm³/mol. The number of rotatable bonds is 7.